The fraction of sp³-hybridized carbons (Fsp3) is 0.400. The van der Waals surface area contributed by atoms with Crippen molar-refractivity contribution < 1.29 is 18.3 Å². The SMILES string of the molecule is CNCCN(C)S(=O)(=O)c1ccc([N+](=O)[O-])cc1[N+](=O)[O-]. The van der Waals surface area contributed by atoms with Gasteiger partial charge in [0.25, 0.3) is 11.4 Å². The molecule has 0 bridgehead atoms. The average Bonchev–Trinajstić information content (AvgIpc) is 2.43. The van der Waals surface area contributed by atoms with Crippen molar-refractivity contribution in [1.82, 2.24) is 9.62 Å². The number of sulfonamides is 1. The van der Waals surface area contributed by atoms with Gasteiger partial charge in [-0.2, -0.15) is 4.31 Å². The first-order valence-corrected chi connectivity index (χ1v) is 7.19. The predicted octanol–water partition coefficient (Wildman–Crippen LogP) is 0.343. The highest BCUT2D eigenvalue weighted by atomic mass is 32.2. The van der Waals surface area contributed by atoms with E-state index in [0.29, 0.717) is 12.6 Å². The van der Waals surface area contributed by atoms with E-state index in [1.807, 2.05) is 0 Å². The van der Waals surface area contributed by atoms with E-state index in [9.17, 15) is 28.6 Å². The van der Waals surface area contributed by atoms with E-state index in [0.717, 1.165) is 16.4 Å². The maximum absolute atomic E-state index is 12.3. The quantitative estimate of drug-likeness (QED) is 0.565. The van der Waals surface area contributed by atoms with Gasteiger partial charge in [-0.05, 0) is 13.1 Å². The Morgan fingerprint density at radius 2 is 1.86 bits per heavy atom. The molecule has 0 fully saturated rings. The van der Waals surface area contributed by atoms with Crippen molar-refractivity contribution in [2.75, 3.05) is 27.2 Å². The Kier molecular flexibility index (Phi) is 5.29. The number of hydrogen-bond acceptors (Lipinski definition) is 7. The van der Waals surface area contributed by atoms with Crippen LogP contribution in [0.3, 0.4) is 0 Å². The Balaban J connectivity index is 3.35. The number of nitrogens with one attached hydrogen (secondary N) is 1. The van der Waals surface area contributed by atoms with Crippen LogP contribution in [0.5, 0.6) is 0 Å². The minimum Gasteiger partial charge on any atom is -0.318 e. The monoisotopic (exact) mass is 318 g/mol. The Hall–Kier alpha value is -2.11. The lowest BCUT2D eigenvalue weighted by Gasteiger charge is -2.16. The van der Waals surface area contributed by atoms with E-state index in [1.54, 1.807) is 7.05 Å². The van der Waals surface area contributed by atoms with Gasteiger partial charge in [0.05, 0.1) is 15.9 Å². The molecule has 1 aromatic rings. The second-order valence-corrected chi connectivity index (χ2v) is 6.11. The molecular formula is C10H14N4O6S. The average molecular weight is 318 g/mol. The molecule has 0 aliphatic rings. The number of non-ortho nitro benzene ring substituents is 1. The zero-order valence-corrected chi connectivity index (χ0v) is 12.2. The molecule has 11 heteroatoms. The number of nitro groups is 2. The molecule has 1 aromatic carbocycles. The van der Waals surface area contributed by atoms with Gasteiger partial charge in [0.1, 0.15) is 0 Å². The van der Waals surface area contributed by atoms with Crippen LogP contribution in [0, 0.1) is 20.2 Å². The molecule has 10 nitrogen and oxygen atoms in total. The lowest BCUT2D eigenvalue weighted by atomic mass is 10.3. The molecule has 0 unspecified atom stereocenters. The zero-order chi connectivity index (χ0) is 16.2. The minimum absolute atomic E-state index is 0.104. The third-order valence-corrected chi connectivity index (χ3v) is 4.62. The van der Waals surface area contributed by atoms with Crippen LogP contribution >= 0.6 is 0 Å². The Morgan fingerprint density at radius 1 is 1.24 bits per heavy atom. The van der Waals surface area contributed by atoms with Crippen molar-refractivity contribution in [3.8, 4) is 0 Å². The van der Waals surface area contributed by atoms with Crippen LogP contribution in [0.25, 0.3) is 0 Å². The molecule has 0 spiro atoms. The standard InChI is InChI=1S/C10H14N4O6S/c1-11-5-6-12(2)21(19,20)10-4-3-8(13(15)16)7-9(10)14(17)18/h3-4,7,11H,5-6H2,1-2H3. The van der Waals surface area contributed by atoms with E-state index in [1.165, 1.54) is 7.05 Å². The van der Waals surface area contributed by atoms with Crippen LogP contribution in [0.1, 0.15) is 0 Å². The lowest BCUT2D eigenvalue weighted by Crippen LogP contribution is -2.33. The van der Waals surface area contributed by atoms with Crippen molar-refractivity contribution in [1.29, 1.82) is 0 Å². The summed E-state index contributed by atoms with van der Waals surface area (Å²) in [6, 6.07) is 2.44. The van der Waals surface area contributed by atoms with Crippen molar-refractivity contribution >= 4 is 21.4 Å². The van der Waals surface area contributed by atoms with Crippen molar-refractivity contribution in [2.24, 2.45) is 0 Å². The molecule has 0 atom stereocenters. The van der Waals surface area contributed by atoms with E-state index >= 15 is 0 Å². The molecule has 0 aliphatic carbocycles. The highest BCUT2D eigenvalue weighted by molar-refractivity contribution is 7.89. The summed E-state index contributed by atoms with van der Waals surface area (Å²) in [7, 11) is -1.19. The van der Waals surface area contributed by atoms with Gasteiger partial charge in [-0.3, -0.25) is 20.2 Å². The summed E-state index contributed by atoms with van der Waals surface area (Å²) in [5.74, 6) is 0. The maximum Gasteiger partial charge on any atom is 0.296 e. The molecule has 0 amide bonds. The summed E-state index contributed by atoms with van der Waals surface area (Å²) in [4.78, 5) is 19.2. The van der Waals surface area contributed by atoms with Crippen LogP contribution in [-0.2, 0) is 10.0 Å². The summed E-state index contributed by atoms with van der Waals surface area (Å²) in [5, 5.41) is 24.3. The van der Waals surface area contributed by atoms with Gasteiger partial charge in [-0.25, -0.2) is 8.42 Å². The molecule has 0 radical (unpaired) electrons. The van der Waals surface area contributed by atoms with Crippen LogP contribution < -0.4 is 5.32 Å². The Labute approximate surface area is 120 Å². The van der Waals surface area contributed by atoms with Crippen LogP contribution in [0.15, 0.2) is 23.1 Å². The molecule has 1 rings (SSSR count). The van der Waals surface area contributed by atoms with E-state index < -0.39 is 36.1 Å². The molecule has 0 heterocycles. The summed E-state index contributed by atoms with van der Waals surface area (Å²) in [6.07, 6.45) is 0. The fourth-order valence-electron chi connectivity index (χ4n) is 1.54. The van der Waals surface area contributed by atoms with Crippen LogP contribution in [-0.4, -0.2) is 49.8 Å². The fourth-order valence-corrected chi connectivity index (χ4v) is 2.84. The number of nitrogens with zero attached hydrogens (tertiary/aromatic N) is 3. The number of nitro benzene ring substituents is 2. The Bertz CT molecular complexity index is 660. The number of likely N-dealkylation sites (N-methyl/N-ethyl adjacent to an activating group) is 2. The number of rotatable bonds is 7. The van der Waals surface area contributed by atoms with Gasteiger partial charge < -0.3 is 5.32 Å². The van der Waals surface area contributed by atoms with Gasteiger partial charge in [-0.15, -0.1) is 0 Å². The topological polar surface area (TPSA) is 136 Å². The second-order valence-electron chi connectivity index (χ2n) is 4.10. The van der Waals surface area contributed by atoms with Gasteiger partial charge in [0.2, 0.25) is 10.0 Å². The third kappa shape index (κ3) is 3.71. The van der Waals surface area contributed by atoms with E-state index in [-0.39, 0.29) is 6.54 Å². The molecule has 1 N–H and O–H groups in total. The second kappa shape index (κ2) is 6.56. The minimum atomic E-state index is -4.10. The molecule has 116 valence electrons. The largest absolute Gasteiger partial charge is 0.318 e. The molecule has 0 saturated carbocycles. The van der Waals surface area contributed by atoms with Crippen LogP contribution in [0.4, 0.5) is 11.4 Å². The summed E-state index contributed by atoms with van der Waals surface area (Å²) in [6.45, 7) is 0.462. The molecule has 0 aromatic heterocycles. The normalized spacial score (nSPS) is 11.6. The van der Waals surface area contributed by atoms with E-state index in [4.69, 9.17) is 0 Å². The Morgan fingerprint density at radius 3 is 2.33 bits per heavy atom. The van der Waals surface area contributed by atoms with Gasteiger partial charge in [-0.1, -0.05) is 0 Å². The van der Waals surface area contributed by atoms with Crippen LogP contribution in [0.2, 0.25) is 0 Å². The molecular weight excluding hydrogens is 304 g/mol. The first-order valence-electron chi connectivity index (χ1n) is 5.75. The van der Waals surface area contributed by atoms with Gasteiger partial charge in [0.15, 0.2) is 4.90 Å². The highest BCUT2D eigenvalue weighted by Crippen LogP contribution is 2.29. The molecule has 21 heavy (non-hydrogen) atoms. The van der Waals surface area contributed by atoms with Crippen molar-refractivity contribution in [3.63, 3.8) is 0 Å². The maximum atomic E-state index is 12.3. The summed E-state index contributed by atoms with van der Waals surface area (Å²) < 4.78 is 25.5. The molecule has 0 saturated heterocycles. The first kappa shape index (κ1) is 16.9. The highest BCUT2D eigenvalue weighted by Gasteiger charge is 2.31. The third-order valence-electron chi connectivity index (χ3n) is 2.71. The number of hydrogen-bond donors (Lipinski definition) is 1. The van der Waals surface area contributed by atoms with E-state index in [2.05, 4.69) is 5.32 Å². The predicted molar refractivity (Wildman–Crippen MR) is 73.5 cm³/mol. The summed E-state index contributed by atoms with van der Waals surface area (Å²) in [5.41, 5.74) is -1.36. The molecule has 0 aliphatic heterocycles. The van der Waals surface area contributed by atoms with Crippen molar-refractivity contribution in [2.45, 2.75) is 4.90 Å². The summed E-state index contributed by atoms with van der Waals surface area (Å²) >= 11 is 0. The smallest absolute Gasteiger partial charge is 0.296 e. The number of benzene rings is 1. The zero-order valence-electron chi connectivity index (χ0n) is 11.3. The first-order chi connectivity index (χ1) is 9.71. The van der Waals surface area contributed by atoms with Gasteiger partial charge in [0, 0.05) is 26.2 Å². The lowest BCUT2D eigenvalue weighted by molar-refractivity contribution is -0.396. The van der Waals surface area contributed by atoms with Gasteiger partial charge >= 0.3 is 0 Å². The van der Waals surface area contributed by atoms with Crippen molar-refractivity contribution in [3.05, 3.63) is 38.4 Å².